The van der Waals surface area contributed by atoms with Crippen LogP contribution >= 0.6 is 11.6 Å². The molecule has 0 saturated heterocycles. The Morgan fingerprint density at radius 1 is 1.00 bits per heavy atom. The number of hydrogen-bond donors (Lipinski definition) is 4. The molecule has 2 heterocycles. The van der Waals surface area contributed by atoms with E-state index in [2.05, 4.69) is 26.1 Å². The molecule has 7 nitrogen and oxygen atoms in total. The number of nitrogens with one attached hydrogen (secondary N) is 4. The third-order valence-corrected chi connectivity index (χ3v) is 6.12. The first-order valence-electron chi connectivity index (χ1n) is 10.9. The number of alkyl halides is 3. The highest BCUT2D eigenvalue weighted by Gasteiger charge is 2.36. The highest BCUT2D eigenvalue weighted by Crippen LogP contribution is 2.41. The molecule has 0 aliphatic carbocycles. The fraction of sp³-hybridized carbons (Fsp3) is 0.0800. The monoisotopic (exact) mass is 547 g/mol. The van der Waals surface area contributed by atoms with Crippen molar-refractivity contribution in [3.05, 3.63) is 105 Å². The molecule has 0 saturated carbocycles. The SMILES string of the molecule is O=C(Nc1cc(Nc2cn[nH]c2)cc2c1[C@H](c1cc(F)ccc1Cl)NC2=O)c1cc(F)cc(C(F)(F)F)c1. The van der Waals surface area contributed by atoms with Crippen LogP contribution in [0.3, 0.4) is 0 Å². The van der Waals surface area contributed by atoms with Gasteiger partial charge in [0.15, 0.2) is 0 Å². The van der Waals surface area contributed by atoms with E-state index in [1.807, 2.05) is 0 Å². The Labute approximate surface area is 216 Å². The number of anilines is 3. The number of aromatic amines is 1. The molecule has 0 spiro atoms. The maximum atomic E-state index is 14.1. The van der Waals surface area contributed by atoms with Gasteiger partial charge in [0, 0.05) is 44.8 Å². The second-order valence-electron chi connectivity index (χ2n) is 8.35. The summed E-state index contributed by atoms with van der Waals surface area (Å²) in [4.78, 5) is 26.0. The second kappa shape index (κ2) is 9.45. The van der Waals surface area contributed by atoms with E-state index in [-0.39, 0.29) is 33.5 Å². The molecule has 38 heavy (non-hydrogen) atoms. The average molecular weight is 548 g/mol. The zero-order valence-electron chi connectivity index (χ0n) is 18.9. The predicted molar refractivity (Wildman–Crippen MR) is 128 cm³/mol. The van der Waals surface area contributed by atoms with Gasteiger partial charge in [-0.05, 0) is 48.5 Å². The van der Waals surface area contributed by atoms with Gasteiger partial charge in [0.2, 0.25) is 0 Å². The molecule has 5 rings (SSSR count). The first-order chi connectivity index (χ1) is 18.0. The smallest absolute Gasteiger partial charge is 0.353 e. The summed E-state index contributed by atoms with van der Waals surface area (Å²) in [5.74, 6) is -3.52. The van der Waals surface area contributed by atoms with Crippen molar-refractivity contribution in [3.63, 3.8) is 0 Å². The number of nitrogens with zero attached hydrogens (tertiary/aromatic N) is 1. The number of H-pyrrole nitrogens is 1. The molecule has 0 radical (unpaired) electrons. The Morgan fingerprint density at radius 3 is 2.50 bits per heavy atom. The van der Waals surface area contributed by atoms with E-state index in [0.29, 0.717) is 23.5 Å². The topological polar surface area (TPSA) is 98.9 Å². The number of rotatable bonds is 5. The van der Waals surface area contributed by atoms with Gasteiger partial charge in [-0.2, -0.15) is 18.3 Å². The first-order valence-corrected chi connectivity index (χ1v) is 11.3. The molecule has 3 aromatic carbocycles. The van der Waals surface area contributed by atoms with Crippen molar-refractivity contribution in [3.8, 4) is 0 Å². The molecule has 194 valence electrons. The van der Waals surface area contributed by atoms with Crippen LogP contribution < -0.4 is 16.0 Å². The molecule has 1 atom stereocenters. The minimum Gasteiger partial charge on any atom is -0.353 e. The zero-order chi connectivity index (χ0) is 27.2. The van der Waals surface area contributed by atoms with Gasteiger partial charge in [0.1, 0.15) is 11.6 Å². The Kier molecular flexibility index (Phi) is 6.27. The van der Waals surface area contributed by atoms with Crippen molar-refractivity contribution in [2.24, 2.45) is 0 Å². The van der Waals surface area contributed by atoms with E-state index in [9.17, 15) is 31.5 Å². The summed E-state index contributed by atoms with van der Waals surface area (Å²) in [7, 11) is 0. The van der Waals surface area contributed by atoms with Crippen molar-refractivity contribution >= 4 is 40.5 Å². The second-order valence-corrected chi connectivity index (χ2v) is 8.76. The van der Waals surface area contributed by atoms with Crippen LogP contribution in [-0.2, 0) is 6.18 Å². The summed E-state index contributed by atoms with van der Waals surface area (Å²) in [6.07, 6.45) is -1.92. The van der Waals surface area contributed by atoms with Crippen LogP contribution in [0.25, 0.3) is 0 Å². The third kappa shape index (κ3) is 4.90. The molecule has 0 bridgehead atoms. The van der Waals surface area contributed by atoms with Crippen molar-refractivity contribution in [2.75, 3.05) is 10.6 Å². The molecule has 1 aromatic heterocycles. The van der Waals surface area contributed by atoms with E-state index in [0.717, 1.165) is 12.1 Å². The lowest BCUT2D eigenvalue weighted by Crippen LogP contribution is -2.21. The number of amides is 2. The number of hydrogen-bond acceptors (Lipinski definition) is 4. The quantitative estimate of drug-likeness (QED) is 0.224. The Morgan fingerprint density at radius 2 is 1.79 bits per heavy atom. The minimum atomic E-state index is -4.89. The molecular weight excluding hydrogens is 533 g/mol. The zero-order valence-corrected chi connectivity index (χ0v) is 19.6. The third-order valence-electron chi connectivity index (χ3n) is 5.78. The van der Waals surface area contributed by atoms with Gasteiger partial charge in [-0.25, -0.2) is 8.78 Å². The number of carbonyl (C=O) groups excluding carboxylic acids is 2. The van der Waals surface area contributed by atoms with E-state index in [1.165, 1.54) is 30.6 Å². The maximum absolute atomic E-state index is 14.1. The van der Waals surface area contributed by atoms with Crippen LogP contribution in [-0.4, -0.2) is 22.0 Å². The molecule has 0 unspecified atom stereocenters. The minimum absolute atomic E-state index is 0.00000677. The van der Waals surface area contributed by atoms with Crippen LogP contribution in [0.15, 0.2) is 60.9 Å². The van der Waals surface area contributed by atoms with E-state index in [1.54, 1.807) is 0 Å². The lowest BCUT2D eigenvalue weighted by atomic mass is 9.95. The average Bonchev–Trinajstić information content (AvgIpc) is 3.47. The van der Waals surface area contributed by atoms with Crippen molar-refractivity contribution in [1.82, 2.24) is 15.5 Å². The van der Waals surface area contributed by atoms with Gasteiger partial charge in [0.25, 0.3) is 11.8 Å². The maximum Gasteiger partial charge on any atom is 0.416 e. The molecule has 1 aliphatic rings. The molecule has 4 N–H and O–H groups in total. The summed E-state index contributed by atoms with van der Waals surface area (Å²) in [5.41, 5.74) is -0.645. The van der Waals surface area contributed by atoms with Crippen molar-refractivity contribution < 1.29 is 31.5 Å². The molecule has 13 heteroatoms. The van der Waals surface area contributed by atoms with E-state index < -0.39 is 46.8 Å². The number of benzene rings is 3. The number of fused-ring (bicyclic) bond motifs is 1. The fourth-order valence-electron chi connectivity index (χ4n) is 4.14. The van der Waals surface area contributed by atoms with Crippen molar-refractivity contribution in [1.29, 1.82) is 0 Å². The first kappa shape index (κ1) is 25.2. The predicted octanol–water partition coefficient (Wildman–Crippen LogP) is 6.19. The highest BCUT2D eigenvalue weighted by molar-refractivity contribution is 6.31. The van der Waals surface area contributed by atoms with Gasteiger partial charge in [-0.15, -0.1) is 0 Å². The molecule has 1 aliphatic heterocycles. The fourth-order valence-corrected chi connectivity index (χ4v) is 4.37. The molecular formula is C25H15ClF5N5O2. The Hall–Kier alpha value is -4.45. The summed E-state index contributed by atoms with van der Waals surface area (Å²) < 4.78 is 67.6. The molecule has 0 fully saturated rings. The molecule has 4 aromatic rings. The lowest BCUT2D eigenvalue weighted by molar-refractivity contribution is -0.137. The summed E-state index contributed by atoms with van der Waals surface area (Å²) in [6, 6.07) is 6.89. The largest absolute Gasteiger partial charge is 0.416 e. The standard InChI is InChI=1S/C25H15ClF5N5O2/c26-19-2-1-13(27)6-17(19)22-21-18(24(38)36-22)7-15(34-16-9-32-33-10-16)8-20(21)35-23(37)11-3-12(25(29,30)31)5-14(28)4-11/h1-10,22,34H,(H,32,33)(H,35,37)(H,36,38)/t22-/m0/s1. The number of halogens is 6. The van der Waals surface area contributed by atoms with Gasteiger partial charge < -0.3 is 16.0 Å². The van der Waals surface area contributed by atoms with Crippen LogP contribution in [0, 0.1) is 11.6 Å². The van der Waals surface area contributed by atoms with Gasteiger partial charge in [-0.1, -0.05) is 11.6 Å². The van der Waals surface area contributed by atoms with Crippen LogP contribution in [0.2, 0.25) is 5.02 Å². The Bertz CT molecular complexity index is 1570. The molecule has 2 amide bonds. The highest BCUT2D eigenvalue weighted by atomic mass is 35.5. The normalized spacial score (nSPS) is 14.7. The Balaban J connectivity index is 1.61. The van der Waals surface area contributed by atoms with Gasteiger partial charge >= 0.3 is 6.18 Å². The van der Waals surface area contributed by atoms with Crippen molar-refractivity contribution in [2.45, 2.75) is 12.2 Å². The lowest BCUT2D eigenvalue weighted by Gasteiger charge is -2.19. The summed E-state index contributed by atoms with van der Waals surface area (Å²) >= 11 is 6.27. The summed E-state index contributed by atoms with van der Waals surface area (Å²) in [6.45, 7) is 0. The van der Waals surface area contributed by atoms with Crippen LogP contribution in [0.5, 0.6) is 0 Å². The number of carbonyl (C=O) groups is 2. The summed E-state index contributed by atoms with van der Waals surface area (Å²) in [5, 5.41) is 14.7. The number of aromatic nitrogens is 2. The van der Waals surface area contributed by atoms with Crippen LogP contribution in [0.4, 0.5) is 39.0 Å². The van der Waals surface area contributed by atoms with E-state index in [4.69, 9.17) is 11.6 Å². The van der Waals surface area contributed by atoms with E-state index >= 15 is 0 Å². The van der Waals surface area contributed by atoms with Gasteiger partial charge in [-0.3, -0.25) is 14.7 Å². The van der Waals surface area contributed by atoms with Crippen LogP contribution in [0.1, 0.15) is 43.4 Å². The van der Waals surface area contributed by atoms with Gasteiger partial charge in [0.05, 0.1) is 23.5 Å².